The van der Waals surface area contributed by atoms with E-state index in [4.69, 9.17) is 9.47 Å². The van der Waals surface area contributed by atoms with Gasteiger partial charge in [0.1, 0.15) is 11.7 Å². The summed E-state index contributed by atoms with van der Waals surface area (Å²) >= 11 is 0. The minimum absolute atomic E-state index is 0.191. The standard InChI is InChI=1S/C27H38O3/c1-20(2)27-17-16-22(4)11-9-10-21(3)14-15-24(26(5,30-27)18-19-27)29-25(28)23-12-7-6-8-13-23/h6-8,10,12-13,16,20,24H,9,11,14-15,17-19H2,1-5H3/b21-10+,22-16+/t24-,26+,27+/m0/s1. The number of carbonyl (C=O) groups excluding carboxylic acids is 1. The second-order valence-corrected chi connectivity index (χ2v) is 9.78. The maximum atomic E-state index is 12.9. The molecule has 0 N–H and O–H groups in total. The zero-order valence-electron chi connectivity index (χ0n) is 19.4. The van der Waals surface area contributed by atoms with Crippen molar-refractivity contribution >= 4 is 5.97 Å². The predicted molar refractivity (Wildman–Crippen MR) is 123 cm³/mol. The Labute approximate surface area is 182 Å². The number of fused-ring (bicyclic) bond motifs is 2. The molecule has 2 aliphatic rings. The Morgan fingerprint density at radius 2 is 1.77 bits per heavy atom. The summed E-state index contributed by atoms with van der Waals surface area (Å²) in [5, 5.41) is 0. The highest BCUT2D eigenvalue weighted by Gasteiger charge is 2.52. The second kappa shape index (κ2) is 9.51. The lowest BCUT2D eigenvalue weighted by Crippen LogP contribution is -2.46. The second-order valence-electron chi connectivity index (χ2n) is 9.78. The summed E-state index contributed by atoms with van der Waals surface area (Å²) in [6.45, 7) is 11.1. The van der Waals surface area contributed by atoms with Crippen molar-refractivity contribution in [3.05, 3.63) is 59.2 Å². The first-order valence-corrected chi connectivity index (χ1v) is 11.5. The molecule has 3 heteroatoms. The predicted octanol–water partition coefficient (Wildman–Crippen LogP) is 7.03. The van der Waals surface area contributed by atoms with Gasteiger partial charge in [-0.05, 0) is 83.8 Å². The van der Waals surface area contributed by atoms with Crippen molar-refractivity contribution < 1.29 is 14.3 Å². The Morgan fingerprint density at radius 1 is 1.07 bits per heavy atom. The fourth-order valence-electron chi connectivity index (χ4n) is 4.76. The smallest absolute Gasteiger partial charge is 0.338 e. The molecule has 0 radical (unpaired) electrons. The number of hydrogen-bond donors (Lipinski definition) is 0. The SMILES string of the molecule is C/C1=C\C[C@]2(C(C)C)CC[C@@](C)(O2)[C@@H](OC(=O)c2ccccc2)CC/C(C)=C/CC1. The lowest BCUT2D eigenvalue weighted by molar-refractivity contribution is -0.164. The molecule has 1 saturated heterocycles. The quantitative estimate of drug-likeness (QED) is 0.396. The van der Waals surface area contributed by atoms with Gasteiger partial charge in [0, 0.05) is 0 Å². The Bertz CT molecular complexity index is 792. The minimum Gasteiger partial charge on any atom is -0.456 e. The average molecular weight is 411 g/mol. The van der Waals surface area contributed by atoms with Gasteiger partial charge in [-0.25, -0.2) is 4.79 Å². The van der Waals surface area contributed by atoms with E-state index in [0.29, 0.717) is 11.5 Å². The van der Waals surface area contributed by atoms with Crippen LogP contribution in [0.3, 0.4) is 0 Å². The molecule has 1 aromatic carbocycles. The van der Waals surface area contributed by atoms with Gasteiger partial charge in [-0.1, -0.05) is 55.3 Å². The Kier molecular flexibility index (Phi) is 7.23. The van der Waals surface area contributed by atoms with E-state index >= 15 is 0 Å². The highest BCUT2D eigenvalue weighted by Crippen LogP contribution is 2.48. The van der Waals surface area contributed by atoms with Gasteiger partial charge in [-0.15, -0.1) is 0 Å². The van der Waals surface area contributed by atoms with Crippen LogP contribution in [0, 0.1) is 5.92 Å². The van der Waals surface area contributed by atoms with Crippen molar-refractivity contribution in [3.63, 3.8) is 0 Å². The van der Waals surface area contributed by atoms with Crippen LogP contribution >= 0.6 is 0 Å². The van der Waals surface area contributed by atoms with Gasteiger partial charge in [0.05, 0.1) is 11.2 Å². The van der Waals surface area contributed by atoms with Crippen LogP contribution in [0.25, 0.3) is 0 Å². The third-order valence-electron chi connectivity index (χ3n) is 7.10. The van der Waals surface area contributed by atoms with Crippen molar-refractivity contribution in [3.8, 4) is 0 Å². The molecule has 0 spiro atoms. The van der Waals surface area contributed by atoms with Gasteiger partial charge in [0.25, 0.3) is 0 Å². The lowest BCUT2D eigenvalue weighted by Gasteiger charge is -2.39. The molecule has 0 unspecified atom stereocenters. The average Bonchev–Trinajstić information content (AvgIpc) is 3.09. The lowest BCUT2D eigenvalue weighted by atomic mass is 9.82. The molecule has 0 aliphatic carbocycles. The largest absolute Gasteiger partial charge is 0.456 e. The number of hydrogen-bond acceptors (Lipinski definition) is 3. The van der Waals surface area contributed by atoms with Crippen LogP contribution in [0.15, 0.2) is 53.6 Å². The summed E-state index contributed by atoms with van der Waals surface area (Å²) in [4.78, 5) is 12.9. The van der Waals surface area contributed by atoms with Gasteiger partial charge in [-0.3, -0.25) is 0 Å². The van der Waals surface area contributed by atoms with E-state index in [-0.39, 0.29) is 17.7 Å². The maximum absolute atomic E-state index is 12.9. The Balaban J connectivity index is 1.90. The van der Waals surface area contributed by atoms with Crippen molar-refractivity contribution in [2.24, 2.45) is 5.92 Å². The normalized spacial score (nSPS) is 34.0. The molecule has 2 aliphatic heterocycles. The molecule has 3 atom stereocenters. The molecule has 1 fully saturated rings. The molecule has 1 aromatic rings. The van der Waals surface area contributed by atoms with E-state index in [2.05, 4.69) is 46.8 Å². The van der Waals surface area contributed by atoms with E-state index < -0.39 is 5.60 Å². The minimum atomic E-state index is -0.467. The van der Waals surface area contributed by atoms with Gasteiger partial charge in [0.15, 0.2) is 0 Å². The van der Waals surface area contributed by atoms with Crippen molar-refractivity contribution in [2.45, 2.75) is 96.9 Å². The summed E-state index contributed by atoms with van der Waals surface area (Å²) in [5.41, 5.74) is 2.74. The Hall–Kier alpha value is -1.87. The van der Waals surface area contributed by atoms with Gasteiger partial charge in [0.2, 0.25) is 0 Å². The van der Waals surface area contributed by atoms with Gasteiger partial charge >= 0.3 is 5.97 Å². The first kappa shape index (κ1) is 22.8. The number of ether oxygens (including phenoxy) is 2. The van der Waals surface area contributed by atoms with Crippen LogP contribution in [0.4, 0.5) is 0 Å². The Morgan fingerprint density at radius 3 is 2.47 bits per heavy atom. The third-order valence-corrected chi connectivity index (χ3v) is 7.10. The molecular formula is C27H38O3. The molecule has 30 heavy (non-hydrogen) atoms. The molecule has 164 valence electrons. The topological polar surface area (TPSA) is 35.5 Å². The van der Waals surface area contributed by atoms with Crippen LogP contribution < -0.4 is 0 Å². The van der Waals surface area contributed by atoms with E-state index in [1.807, 2.05) is 30.3 Å². The molecule has 2 bridgehead atoms. The van der Waals surface area contributed by atoms with E-state index in [1.165, 1.54) is 11.1 Å². The summed E-state index contributed by atoms with van der Waals surface area (Å²) in [7, 11) is 0. The number of benzene rings is 1. The molecule has 0 saturated carbocycles. The number of allylic oxidation sites excluding steroid dienone is 3. The number of carbonyl (C=O) groups is 1. The van der Waals surface area contributed by atoms with Gasteiger partial charge < -0.3 is 9.47 Å². The highest BCUT2D eigenvalue weighted by molar-refractivity contribution is 5.89. The zero-order chi connectivity index (χ0) is 21.8. The molecular weight excluding hydrogens is 372 g/mol. The first-order chi connectivity index (χ1) is 14.2. The monoisotopic (exact) mass is 410 g/mol. The summed E-state index contributed by atoms with van der Waals surface area (Å²) in [6, 6.07) is 9.30. The van der Waals surface area contributed by atoms with Crippen molar-refractivity contribution in [1.29, 1.82) is 0 Å². The number of esters is 1. The fourth-order valence-corrected chi connectivity index (χ4v) is 4.76. The van der Waals surface area contributed by atoms with E-state index in [0.717, 1.165) is 44.9 Å². The summed E-state index contributed by atoms with van der Waals surface area (Å²) in [6.07, 6.45) is 11.1. The van der Waals surface area contributed by atoms with Crippen molar-refractivity contribution in [2.75, 3.05) is 0 Å². The van der Waals surface area contributed by atoms with Crippen LogP contribution in [0.5, 0.6) is 0 Å². The van der Waals surface area contributed by atoms with Crippen LogP contribution in [0.2, 0.25) is 0 Å². The highest BCUT2D eigenvalue weighted by atomic mass is 16.6. The summed E-state index contributed by atoms with van der Waals surface area (Å²) in [5.74, 6) is 0.146. The fraction of sp³-hybridized carbons (Fsp3) is 0.593. The van der Waals surface area contributed by atoms with E-state index in [1.54, 1.807) is 0 Å². The zero-order valence-corrected chi connectivity index (χ0v) is 19.4. The first-order valence-electron chi connectivity index (χ1n) is 11.5. The van der Waals surface area contributed by atoms with Crippen LogP contribution in [0.1, 0.15) is 89.9 Å². The summed E-state index contributed by atoms with van der Waals surface area (Å²) < 4.78 is 13.0. The molecule has 0 aromatic heterocycles. The molecule has 3 nitrogen and oxygen atoms in total. The van der Waals surface area contributed by atoms with Gasteiger partial charge in [-0.2, -0.15) is 0 Å². The van der Waals surface area contributed by atoms with Crippen molar-refractivity contribution in [1.82, 2.24) is 0 Å². The number of rotatable bonds is 3. The molecule has 3 rings (SSSR count). The van der Waals surface area contributed by atoms with Crippen LogP contribution in [-0.2, 0) is 9.47 Å². The van der Waals surface area contributed by atoms with Crippen LogP contribution in [-0.4, -0.2) is 23.3 Å². The third kappa shape index (κ3) is 5.24. The maximum Gasteiger partial charge on any atom is 0.338 e. The molecule has 2 heterocycles. The van der Waals surface area contributed by atoms with E-state index in [9.17, 15) is 4.79 Å². The molecule has 0 amide bonds.